The van der Waals surface area contributed by atoms with E-state index < -0.39 is 11.7 Å². The summed E-state index contributed by atoms with van der Waals surface area (Å²) in [6.45, 7) is 0. The average molecular weight is 311 g/mol. The SMILES string of the molecule is CSc1ccc(Cl)c(C(=O)Nc2cc(N)ccc2F)c1. The third-order valence-corrected chi connectivity index (χ3v) is 3.71. The molecule has 0 saturated heterocycles. The van der Waals surface area contributed by atoms with Crippen LogP contribution in [0.3, 0.4) is 0 Å². The first-order valence-corrected chi connectivity index (χ1v) is 7.31. The number of thioether (sulfide) groups is 1. The molecule has 0 aliphatic carbocycles. The normalized spacial score (nSPS) is 10.3. The topological polar surface area (TPSA) is 55.1 Å². The molecule has 0 fully saturated rings. The van der Waals surface area contributed by atoms with Gasteiger partial charge in [0.2, 0.25) is 0 Å². The molecule has 104 valence electrons. The summed E-state index contributed by atoms with van der Waals surface area (Å²) < 4.78 is 13.6. The molecule has 0 spiro atoms. The van der Waals surface area contributed by atoms with Gasteiger partial charge in [0.05, 0.1) is 16.3 Å². The maximum atomic E-state index is 13.6. The Labute approximate surface area is 125 Å². The zero-order valence-corrected chi connectivity index (χ0v) is 12.2. The van der Waals surface area contributed by atoms with E-state index in [1.54, 1.807) is 12.1 Å². The van der Waals surface area contributed by atoms with Gasteiger partial charge in [0.1, 0.15) is 5.82 Å². The number of amides is 1. The molecule has 2 aromatic carbocycles. The summed E-state index contributed by atoms with van der Waals surface area (Å²) in [5.41, 5.74) is 6.26. The molecule has 0 atom stereocenters. The molecule has 1 amide bonds. The molecule has 3 nitrogen and oxygen atoms in total. The molecule has 0 saturated carbocycles. The van der Waals surface area contributed by atoms with Crippen LogP contribution in [0.4, 0.5) is 15.8 Å². The molecular weight excluding hydrogens is 299 g/mol. The number of hydrogen-bond acceptors (Lipinski definition) is 3. The Morgan fingerprint density at radius 3 is 2.75 bits per heavy atom. The monoisotopic (exact) mass is 310 g/mol. The number of halogens is 2. The van der Waals surface area contributed by atoms with Crippen LogP contribution in [0.25, 0.3) is 0 Å². The van der Waals surface area contributed by atoms with Gasteiger partial charge in [0.15, 0.2) is 0 Å². The van der Waals surface area contributed by atoms with Crippen molar-refractivity contribution in [3.05, 3.63) is 52.8 Å². The summed E-state index contributed by atoms with van der Waals surface area (Å²) in [5.74, 6) is -1.03. The van der Waals surface area contributed by atoms with E-state index in [4.69, 9.17) is 17.3 Å². The minimum Gasteiger partial charge on any atom is -0.399 e. The minimum atomic E-state index is -0.551. The lowest BCUT2D eigenvalue weighted by molar-refractivity contribution is 0.102. The maximum absolute atomic E-state index is 13.6. The molecule has 2 rings (SSSR count). The van der Waals surface area contributed by atoms with Gasteiger partial charge < -0.3 is 11.1 Å². The van der Waals surface area contributed by atoms with Gasteiger partial charge >= 0.3 is 0 Å². The van der Waals surface area contributed by atoms with Gasteiger partial charge in [-0.05, 0) is 42.7 Å². The predicted octanol–water partition coefficient (Wildman–Crippen LogP) is 4.04. The van der Waals surface area contributed by atoms with Crippen molar-refractivity contribution in [2.45, 2.75) is 4.90 Å². The number of nitrogens with one attached hydrogen (secondary N) is 1. The van der Waals surface area contributed by atoms with Crippen LogP contribution in [0.5, 0.6) is 0 Å². The lowest BCUT2D eigenvalue weighted by atomic mass is 10.2. The van der Waals surface area contributed by atoms with E-state index in [9.17, 15) is 9.18 Å². The number of rotatable bonds is 3. The quantitative estimate of drug-likeness (QED) is 0.664. The number of carbonyl (C=O) groups excluding carboxylic acids is 1. The van der Waals surface area contributed by atoms with Crippen LogP contribution < -0.4 is 11.1 Å². The molecule has 0 bridgehead atoms. The van der Waals surface area contributed by atoms with Crippen molar-refractivity contribution >= 4 is 40.6 Å². The molecule has 0 aromatic heterocycles. The number of carbonyl (C=O) groups is 1. The highest BCUT2D eigenvalue weighted by Crippen LogP contribution is 2.25. The van der Waals surface area contributed by atoms with Crippen LogP contribution in [-0.2, 0) is 0 Å². The Morgan fingerprint density at radius 2 is 2.05 bits per heavy atom. The number of hydrogen-bond donors (Lipinski definition) is 2. The second-order valence-corrected chi connectivity index (χ2v) is 5.33. The van der Waals surface area contributed by atoms with Crippen LogP contribution in [0.15, 0.2) is 41.3 Å². The van der Waals surface area contributed by atoms with Crippen molar-refractivity contribution in [2.24, 2.45) is 0 Å². The van der Waals surface area contributed by atoms with E-state index in [1.165, 1.54) is 30.0 Å². The lowest BCUT2D eigenvalue weighted by Gasteiger charge is -2.09. The molecule has 0 aliphatic heterocycles. The van der Waals surface area contributed by atoms with Gasteiger partial charge in [0, 0.05) is 10.6 Å². The molecule has 2 aromatic rings. The van der Waals surface area contributed by atoms with E-state index in [2.05, 4.69) is 5.32 Å². The number of benzene rings is 2. The standard InChI is InChI=1S/C14H12ClFN2OS/c1-20-9-3-4-11(15)10(7-9)14(19)18-13-6-8(17)2-5-12(13)16/h2-7H,17H2,1H3,(H,18,19). The first-order chi connectivity index (χ1) is 9.51. The van der Waals surface area contributed by atoms with E-state index in [0.717, 1.165) is 4.90 Å². The first kappa shape index (κ1) is 14.7. The molecule has 0 radical (unpaired) electrons. The largest absolute Gasteiger partial charge is 0.399 e. The first-order valence-electron chi connectivity index (χ1n) is 5.71. The van der Waals surface area contributed by atoms with Crippen molar-refractivity contribution in [1.29, 1.82) is 0 Å². The summed E-state index contributed by atoms with van der Waals surface area (Å²) in [4.78, 5) is 13.1. The van der Waals surface area contributed by atoms with Crippen LogP contribution in [0, 0.1) is 5.82 Å². The molecule has 0 unspecified atom stereocenters. The summed E-state index contributed by atoms with van der Waals surface area (Å²) in [6.07, 6.45) is 1.89. The zero-order valence-electron chi connectivity index (χ0n) is 10.6. The molecule has 3 N–H and O–H groups in total. The maximum Gasteiger partial charge on any atom is 0.257 e. The predicted molar refractivity (Wildman–Crippen MR) is 82.0 cm³/mol. The average Bonchev–Trinajstić information content (AvgIpc) is 2.43. The second-order valence-electron chi connectivity index (χ2n) is 4.04. The van der Waals surface area contributed by atoms with Gasteiger partial charge in [-0.2, -0.15) is 0 Å². The summed E-state index contributed by atoms with van der Waals surface area (Å²) >= 11 is 7.49. The minimum absolute atomic E-state index is 0.0284. The molecule has 6 heteroatoms. The van der Waals surface area contributed by atoms with Crippen LogP contribution in [-0.4, -0.2) is 12.2 Å². The third-order valence-electron chi connectivity index (χ3n) is 2.66. The highest BCUT2D eigenvalue weighted by Gasteiger charge is 2.13. The van der Waals surface area contributed by atoms with Crippen molar-refractivity contribution < 1.29 is 9.18 Å². The number of nitrogens with two attached hydrogens (primary N) is 1. The van der Waals surface area contributed by atoms with Gasteiger partial charge in [-0.15, -0.1) is 11.8 Å². The molecular formula is C14H12ClFN2OS. The molecule has 20 heavy (non-hydrogen) atoms. The Hall–Kier alpha value is -1.72. The van der Waals surface area contributed by atoms with Gasteiger partial charge in [-0.3, -0.25) is 4.79 Å². The van der Waals surface area contributed by atoms with Crippen LogP contribution >= 0.6 is 23.4 Å². The molecule has 0 aliphatic rings. The van der Waals surface area contributed by atoms with E-state index in [1.807, 2.05) is 12.3 Å². The summed E-state index contributed by atoms with van der Waals surface area (Å²) in [5, 5.41) is 2.78. The highest BCUT2D eigenvalue weighted by molar-refractivity contribution is 7.98. The van der Waals surface area contributed by atoms with Gasteiger partial charge in [-0.25, -0.2) is 4.39 Å². The Balaban J connectivity index is 2.30. The Kier molecular flexibility index (Phi) is 4.52. The summed E-state index contributed by atoms with van der Waals surface area (Å²) in [7, 11) is 0. The van der Waals surface area contributed by atoms with Crippen molar-refractivity contribution in [3.8, 4) is 0 Å². The number of nitrogen functional groups attached to an aromatic ring is 1. The third kappa shape index (κ3) is 3.23. The van der Waals surface area contributed by atoms with E-state index >= 15 is 0 Å². The fourth-order valence-electron chi connectivity index (χ4n) is 1.63. The van der Waals surface area contributed by atoms with E-state index in [-0.39, 0.29) is 5.69 Å². The van der Waals surface area contributed by atoms with Crippen molar-refractivity contribution in [1.82, 2.24) is 0 Å². The summed E-state index contributed by atoms with van der Waals surface area (Å²) in [6, 6.07) is 9.09. The van der Waals surface area contributed by atoms with Crippen LogP contribution in [0.1, 0.15) is 10.4 Å². The van der Waals surface area contributed by atoms with Gasteiger partial charge in [-0.1, -0.05) is 11.6 Å². The van der Waals surface area contributed by atoms with Crippen molar-refractivity contribution in [3.63, 3.8) is 0 Å². The van der Waals surface area contributed by atoms with Crippen LogP contribution in [0.2, 0.25) is 5.02 Å². The van der Waals surface area contributed by atoms with Gasteiger partial charge in [0.25, 0.3) is 5.91 Å². The Morgan fingerprint density at radius 1 is 1.30 bits per heavy atom. The fourth-order valence-corrected chi connectivity index (χ4v) is 2.28. The molecule has 0 heterocycles. The Bertz CT molecular complexity index is 664. The van der Waals surface area contributed by atoms with E-state index in [0.29, 0.717) is 16.3 Å². The highest BCUT2D eigenvalue weighted by atomic mass is 35.5. The number of anilines is 2. The zero-order chi connectivity index (χ0) is 14.7. The fraction of sp³-hybridized carbons (Fsp3) is 0.0714. The smallest absolute Gasteiger partial charge is 0.257 e. The second kappa shape index (κ2) is 6.15. The van der Waals surface area contributed by atoms with Crippen molar-refractivity contribution in [2.75, 3.05) is 17.3 Å². The lowest BCUT2D eigenvalue weighted by Crippen LogP contribution is -2.14.